The summed E-state index contributed by atoms with van der Waals surface area (Å²) in [5, 5.41) is 3.50. The minimum Gasteiger partial charge on any atom is -0.399 e. The maximum atomic E-state index is 5.73. The second-order valence-corrected chi connectivity index (χ2v) is 4.56. The van der Waals surface area contributed by atoms with Gasteiger partial charge in [0.25, 0.3) is 0 Å². The van der Waals surface area contributed by atoms with Gasteiger partial charge in [-0.1, -0.05) is 0 Å². The van der Waals surface area contributed by atoms with Crippen molar-refractivity contribution < 1.29 is 4.74 Å². The van der Waals surface area contributed by atoms with Gasteiger partial charge in [-0.15, -0.1) is 0 Å². The number of ether oxygens (including phenoxy) is 1. The van der Waals surface area contributed by atoms with E-state index in [1.807, 2.05) is 18.2 Å². The van der Waals surface area contributed by atoms with E-state index >= 15 is 0 Å². The molecule has 0 aromatic heterocycles. The Hall–Kier alpha value is -1.22. The van der Waals surface area contributed by atoms with Crippen molar-refractivity contribution in [1.29, 1.82) is 0 Å². The van der Waals surface area contributed by atoms with Crippen LogP contribution >= 0.6 is 0 Å². The molecule has 2 unspecified atom stereocenters. The molecule has 1 saturated heterocycles. The number of nitrogens with one attached hydrogen (secondary N) is 1. The normalized spacial score (nSPS) is 22.0. The highest BCUT2D eigenvalue weighted by molar-refractivity contribution is 5.57. The monoisotopic (exact) mass is 220 g/mol. The van der Waals surface area contributed by atoms with E-state index in [0.717, 1.165) is 24.4 Å². The molecule has 2 atom stereocenters. The van der Waals surface area contributed by atoms with Crippen LogP contribution in [0.2, 0.25) is 0 Å². The van der Waals surface area contributed by atoms with Gasteiger partial charge >= 0.3 is 0 Å². The maximum Gasteiger partial charge on any atom is 0.0774 e. The van der Waals surface area contributed by atoms with Crippen LogP contribution in [0.15, 0.2) is 18.2 Å². The van der Waals surface area contributed by atoms with Crippen molar-refractivity contribution in [2.45, 2.75) is 38.8 Å². The van der Waals surface area contributed by atoms with Crippen LogP contribution in [-0.2, 0) is 4.74 Å². The Bertz CT molecular complexity index is 359. The smallest absolute Gasteiger partial charge is 0.0774 e. The summed E-state index contributed by atoms with van der Waals surface area (Å²) >= 11 is 0. The molecule has 1 aliphatic heterocycles. The number of nitrogens with two attached hydrogens (primary N) is 1. The van der Waals surface area contributed by atoms with Gasteiger partial charge in [0.2, 0.25) is 0 Å². The zero-order chi connectivity index (χ0) is 11.5. The zero-order valence-corrected chi connectivity index (χ0v) is 9.99. The first-order valence-electron chi connectivity index (χ1n) is 5.91. The van der Waals surface area contributed by atoms with Crippen molar-refractivity contribution in [3.05, 3.63) is 23.8 Å². The van der Waals surface area contributed by atoms with Crippen LogP contribution < -0.4 is 11.1 Å². The molecule has 88 valence electrons. The van der Waals surface area contributed by atoms with Crippen molar-refractivity contribution in [1.82, 2.24) is 0 Å². The van der Waals surface area contributed by atoms with E-state index in [0.29, 0.717) is 12.1 Å². The molecule has 0 spiro atoms. The van der Waals surface area contributed by atoms with E-state index in [9.17, 15) is 0 Å². The second kappa shape index (κ2) is 4.74. The van der Waals surface area contributed by atoms with Crippen LogP contribution in [0, 0.1) is 6.92 Å². The molecular formula is C13H20N2O. The fourth-order valence-electron chi connectivity index (χ4n) is 2.18. The summed E-state index contributed by atoms with van der Waals surface area (Å²) in [6.45, 7) is 5.14. The lowest BCUT2D eigenvalue weighted by Gasteiger charge is -2.22. The second-order valence-electron chi connectivity index (χ2n) is 4.56. The highest BCUT2D eigenvalue weighted by Gasteiger charge is 2.22. The molecule has 0 saturated carbocycles. The van der Waals surface area contributed by atoms with Gasteiger partial charge in [-0.25, -0.2) is 0 Å². The van der Waals surface area contributed by atoms with E-state index in [2.05, 4.69) is 19.2 Å². The summed E-state index contributed by atoms with van der Waals surface area (Å²) in [4.78, 5) is 0. The molecule has 3 heteroatoms. The minimum atomic E-state index is 0.344. The largest absolute Gasteiger partial charge is 0.399 e. The van der Waals surface area contributed by atoms with Gasteiger partial charge in [0.05, 0.1) is 6.10 Å². The molecule has 0 bridgehead atoms. The molecule has 0 radical (unpaired) electrons. The molecule has 1 aromatic rings. The summed E-state index contributed by atoms with van der Waals surface area (Å²) < 4.78 is 5.66. The summed E-state index contributed by atoms with van der Waals surface area (Å²) in [6.07, 6.45) is 2.68. The van der Waals surface area contributed by atoms with Crippen molar-refractivity contribution in [3.8, 4) is 0 Å². The summed E-state index contributed by atoms with van der Waals surface area (Å²) in [7, 11) is 0. The Balaban J connectivity index is 2.02. The number of rotatable bonds is 3. The van der Waals surface area contributed by atoms with Crippen molar-refractivity contribution in [3.63, 3.8) is 0 Å². The quantitative estimate of drug-likeness (QED) is 0.770. The third-order valence-corrected chi connectivity index (χ3v) is 3.16. The van der Waals surface area contributed by atoms with E-state index < -0.39 is 0 Å². The summed E-state index contributed by atoms with van der Waals surface area (Å²) in [5.41, 5.74) is 8.88. The molecule has 3 nitrogen and oxygen atoms in total. The Kier molecular flexibility index (Phi) is 3.34. The predicted octanol–water partition coefficient (Wildman–Crippen LogP) is 2.56. The van der Waals surface area contributed by atoms with Crippen molar-refractivity contribution in [2.24, 2.45) is 0 Å². The lowest BCUT2D eigenvalue weighted by atomic mass is 10.1. The van der Waals surface area contributed by atoms with Gasteiger partial charge in [0.1, 0.15) is 0 Å². The maximum absolute atomic E-state index is 5.73. The fraction of sp³-hybridized carbons (Fsp3) is 0.538. The lowest BCUT2D eigenvalue weighted by molar-refractivity contribution is 0.0996. The summed E-state index contributed by atoms with van der Waals surface area (Å²) in [6, 6.07) is 6.31. The Labute approximate surface area is 97.0 Å². The van der Waals surface area contributed by atoms with Crippen molar-refractivity contribution in [2.75, 3.05) is 17.7 Å². The fourth-order valence-corrected chi connectivity index (χ4v) is 2.18. The number of hydrogen-bond donors (Lipinski definition) is 2. The average Bonchev–Trinajstić information content (AvgIpc) is 2.75. The molecular weight excluding hydrogens is 200 g/mol. The molecule has 2 rings (SSSR count). The molecule has 1 fully saturated rings. The number of aryl methyl sites for hydroxylation is 1. The predicted molar refractivity (Wildman–Crippen MR) is 67.7 cm³/mol. The third-order valence-electron chi connectivity index (χ3n) is 3.16. The van der Waals surface area contributed by atoms with E-state index in [4.69, 9.17) is 10.5 Å². The molecule has 1 heterocycles. The Morgan fingerprint density at radius 1 is 1.50 bits per heavy atom. The number of anilines is 2. The van der Waals surface area contributed by atoms with Gasteiger partial charge in [-0.3, -0.25) is 0 Å². The summed E-state index contributed by atoms with van der Waals surface area (Å²) in [5.74, 6) is 0. The molecule has 0 amide bonds. The van der Waals surface area contributed by atoms with Crippen LogP contribution in [-0.4, -0.2) is 18.8 Å². The molecule has 1 aromatic carbocycles. The standard InChI is InChI=1S/C13H20N2O/c1-9-8-11(14)5-6-12(9)15-10(2)13-4-3-7-16-13/h5-6,8,10,13,15H,3-4,7,14H2,1-2H3. The first-order chi connectivity index (χ1) is 7.66. The first kappa shape index (κ1) is 11.3. The first-order valence-corrected chi connectivity index (χ1v) is 5.91. The minimum absolute atomic E-state index is 0.344. The van der Waals surface area contributed by atoms with Gasteiger partial charge in [0, 0.05) is 24.0 Å². The number of nitrogen functional groups attached to an aromatic ring is 1. The van der Waals surface area contributed by atoms with Crippen LogP contribution in [0.4, 0.5) is 11.4 Å². The van der Waals surface area contributed by atoms with E-state index in [1.54, 1.807) is 0 Å². The number of hydrogen-bond acceptors (Lipinski definition) is 3. The molecule has 16 heavy (non-hydrogen) atoms. The number of benzene rings is 1. The third kappa shape index (κ3) is 2.47. The van der Waals surface area contributed by atoms with Crippen LogP contribution in [0.25, 0.3) is 0 Å². The van der Waals surface area contributed by atoms with Gasteiger partial charge in [-0.2, -0.15) is 0 Å². The van der Waals surface area contributed by atoms with Crippen LogP contribution in [0.3, 0.4) is 0 Å². The Morgan fingerprint density at radius 2 is 2.31 bits per heavy atom. The SMILES string of the molecule is Cc1cc(N)ccc1NC(C)C1CCCO1. The highest BCUT2D eigenvalue weighted by Crippen LogP contribution is 2.22. The highest BCUT2D eigenvalue weighted by atomic mass is 16.5. The van der Waals surface area contributed by atoms with E-state index in [-0.39, 0.29) is 0 Å². The van der Waals surface area contributed by atoms with Gasteiger partial charge in [0.15, 0.2) is 0 Å². The zero-order valence-electron chi connectivity index (χ0n) is 9.99. The van der Waals surface area contributed by atoms with Crippen LogP contribution in [0.5, 0.6) is 0 Å². The lowest BCUT2D eigenvalue weighted by Crippen LogP contribution is -2.30. The van der Waals surface area contributed by atoms with Gasteiger partial charge < -0.3 is 15.8 Å². The molecule has 3 N–H and O–H groups in total. The van der Waals surface area contributed by atoms with Gasteiger partial charge in [-0.05, 0) is 50.5 Å². The molecule has 0 aliphatic carbocycles. The topological polar surface area (TPSA) is 47.3 Å². The average molecular weight is 220 g/mol. The Morgan fingerprint density at radius 3 is 2.94 bits per heavy atom. The molecule has 1 aliphatic rings. The van der Waals surface area contributed by atoms with Crippen molar-refractivity contribution >= 4 is 11.4 Å². The van der Waals surface area contributed by atoms with Crippen LogP contribution in [0.1, 0.15) is 25.3 Å². The van der Waals surface area contributed by atoms with E-state index in [1.165, 1.54) is 12.0 Å².